The third-order valence-electron chi connectivity index (χ3n) is 3.55. The van der Waals surface area contributed by atoms with Crippen molar-refractivity contribution in [2.75, 3.05) is 0 Å². The molecule has 24 heavy (non-hydrogen) atoms. The molecule has 3 rings (SSSR count). The van der Waals surface area contributed by atoms with Crippen LogP contribution in [0.1, 0.15) is 22.8 Å². The summed E-state index contributed by atoms with van der Waals surface area (Å²) in [6.07, 6.45) is 1.61. The summed E-state index contributed by atoms with van der Waals surface area (Å²) in [6, 6.07) is 12.7. The van der Waals surface area contributed by atoms with E-state index in [0.717, 1.165) is 10.9 Å². The summed E-state index contributed by atoms with van der Waals surface area (Å²) < 4.78 is 30.4. The number of rotatable bonds is 4. The molecule has 1 aromatic heterocycles. The average molecular weight is 341 g/mol. The van der Waals surface area contributed by atoms with Gasteiger partial charge >= 0.3 is 10.1 Å². The molecule has 0 aliphatic carbocycles. The minimum atomic E-state index is -4.03. The molecule has 0 aliphatic rings. The van der Waals surface area contributed by atoms with Crippen molar-refractivity contribution in [1.29, 1.82) is 0 Å². The normalized spacial score (nSPS) is 11.4. The number of Topliss-reactive ketones (excluding diaryl/α,β-unsaturated/α-hetero) is 1. The molecular formula is C18H15NO4S. The van der Waals surface area contributed by atoms with Gasteiger partial charge in [-0.3, -0.25) is 9.78 Å². The lowest BCUT2D eigenvalue weighted by molar-refractivity contribution is 0.101. The molecule has 2 aromatic carbocycles. The van der Waals surface area contributed by atoms with Crippen molar-refractivity contribution in [2.24, 2.45) is 0 Å². The van der Waals surface area contributed by atoms with Gasteiger partial charge in [-0.1, -0.05) is 12.1 Å². The number of fused-ring (bicyclic) bond motifs is 1. The van der Waals surface area contributed by atoms with Gasteiger partial charge in [0.1, 0.15) is 10.6 Å². The van der Waals surface area contributed by atoms with Crippen LogP contribution >= 0.6 is 0 Å². The van der Waals surface area contributed by atoms with Crippen molar-refractivity contribution in [3.8, 4) is 5.75 Å². The van der Waals surface area contributed by atoms with Crippen LogP contribution in [0.2, 0.25) is 0 Å². The fourth-order valence-corrected chi connectivity index (χ4v) is 3.47. The summed E-state index contributed by atoms with van der Waals surface area (Å²) in [4.78, 5) is 15.5. The number of hydrogen-bond donors (Lipinski definition) is 0. The van der Waals surface area contributed by atoms with E-state index in [1.807, 2.05) is 13.0 Å². The standard InChI is InChI=1S/C18H15NO4S/c1-12-10-15-4-3-5-17(18(15)19-11-12)24(21,22)23-16-8-6-14(7-9-16)13(2)20/h3-11H,1-2H3. The highest BCUT2D eigenvalue weighted by Gasteiger charge is 2.20. The van der Waals surface area contributed by atoms with E-state index in [0.29, 0.717) is 11.1 Å². The van der Waals surface area contributed by atoms with Gasteiger partial charge < -0.3 is 4.18 Å². The average Bonchev–Trinajstić information content (AvgIpc) is 2.54. The molecule has 0 atom stereocenters. The molecule has 0 radical (unpaired) electrons. The van der Waals surface area contributed by atoms with E-state index >= 15 is 0 Å². The fraction of sp³-hybridized carbons (Fsp3) is 0.111. The van der Waals surface area contributed by atoms with Gasteiger partial charge in [-0.2, -0.15) is 8.42 Å². The highest BCUT2D eigenvalue weighted by molar-refractivity contribution is 7.87. The van der Waals surface area contributed by atoms with E-state index in [1.165, 1.54) is 37.3 Å². The number of carbonyl (C=O) groups excluding carboxylic acids is 1. The lowest BCUT2D eigenvalue weighted by atomic mass is 10.1. The summed E-state index contributed by atoms with van der Waals surface area (Å²) in [7, 11) is -4.03. The monoisotopic (exact) mass is 341 g/mol. The molecule has 0 bridgehead atoms. The Morgan fingerprint density at radius 2 is 1.79 bits per heavy atom. The van der Waals surface area contributed by atoms with Gasteiger partial charge in [0, 0.05) is 17.1 Å². The predicted molar refractivity (Wildman–Crippen MR) is 90.7 cm³/mol. The highest BCUT2D eigenvalue weighted by Crippen LogP contribution is 2.25. The molecule has 122 valence electrons. The van der Waals surface area contributed by atoms with Crippen LogP contribution in [0.5, 0.6) is 5.75 Å². The SMILES string of the molecule is CC(=O)c1ccc(OS(=O)(=O)c2cccc3cc(C)cnc23)cc1. The van der Waals surface area contributed by atoms with Crippen molar-refractivity contribution in [3.05, 3.63) is 65.9 Å². The van der Waals surface area contributed by atoms with Crippen LogP contribution < -0.4 is 4.18 Å². The molecule has 0 fully saturated rings. The van der Waals surface area contributed by atoms with Crippen molar-refractivity contribution in [1.82, 2.24) is 4.98 Å². The second-order valence-electron chi connectivity index (χ2n) is 5.46. The Kier molecular flexibility index (Phi) is 4.07. The third-order valence-corrected chi connectivity index (χ3v) is 4.83. The lowest BCUT2D eigenvalue weighted by Gasteiger charge is -2.09. The number of ketones is 1. The van der Waals surface area contributed by atoms with E-state index in [1.54, 1.807) is 18.3 Å². The Bertz CT molecular complexity index is 1020. The van der Waals surface area contributed by atoms with E-state index in [4.69, 9.17) is 4.18 Å². The van der Waals surface area contributed by atoms with Crippen LogP contribution in [-0.4, -0.2) is 19.2 Å². The Morgan fingerprint density at radius 1 is 1.08 bits per heavy atom. The molecule has 0 spiro atoms. The van der Waals surface area contributed by atoms with Crippen LogP contribution in [-0.2, 0) is 10.1 Å². The number of carbonyl (C=O) groups is 1. The first kappa shape index (κ1) is 16.1. The Morgan fingerprint density at radius 3 is 2.46 bits per heavy atom. The molecule has 0 saturated carbocycles. The molecule has 5 nitrogen and oxygen atoms in total. The lowest BCUT2D eigenvalue weighted by Crippen LogP contribution is -2.11. The van der Waals surface area contributed by atoms with Crippen molar-refractivity contribution >= 4 is 26.8 Å². The maximum atomic E-state index is 12.6. The smallest absolute Gasteiger partial charge is 0.341 e. The Labute approximate surface area is 140 Å². The number of hydrogen-bond acceptors (Lipinski definition) is 5. The maximum Gasteiger partial charge on any atom is 0.341 e. The van der Waals surface area contributed by atoms with Gasteiger partial charge in [-0.05, 0) is 55.8 Å². The Balaban J connectivity index is 2.00. The van der Waals surface area contributed by atoms with E-state index in [2.05, 4.69) is 4.98 Å². The Hall–Kier alpha value is -2.73. The second-order valence-corrected chi connectivity index (χ2v) is 6.97. The number of pyridine rings is 1. The van der Waals surface area contributed by atoms with Crippen LogP contribution in [0.25, 0.3) is 10.9 Å². The second kappa shape index (κ2) is 6.05. The molecule has 3 aromatic rings. The van der Waals surface area contributed by atoms with Crippen molar-refractivity contribution in [2.45, 2.75) is 18.7 Å². The van der Waals surface area contributed by atoms with Crippen LogP contribution in [0.4, 0.5) is 0 Å². The van der Waals surface area contributed by atoms with Gasteiger partial charge in [0.05, 0.1) is 5.52 Å². The molecule has 0 N–H and O–H groups in total. The molecule has 0 unspecified atom stereocenters. The maximum absolute atomic E-state index is 12.6. The number of para-hydroxylation sites is 1. The highest BCUT2D eigenvalue weighted by atomic mass is 32.2. The van der Waals surface area contributed by atoms with Gasteiger partial charge in [0.15, 0.2) is 5.78 Å². The summed E-state index contributed by atoms with van der Waals surface area (Å²) in [5, 5.41) is 0.728. The van der Waals surface area contributed by atoms with E-state index < -0.39 is 10.1 Å². The molecule has 0 saturated heterocycles. The summed E-state index contributed by atoms with van der Waals surface area (Å²) >= 11 is 0. The fourth-order valence-electron chi connectivity index (χ4n) is 2.36. The van der Waals surface area contributed by atoms with Crippen LogP contribution in [0.15, 0.2) is 59.6 Å². The zero-order valence-electron chi connectivity index (χ0n) is 13.2. The topological polar surface area (TPSA) is 73.3 Å². The largest absolute Gasteiger partial charge is 0.379 e. The first-order chi connectivity index (χ1) is 11.4. The number of aromatic nitrogens is 1. The summed E-state index contributed by atoms with van der Waals surface area (Å²) in [5.74, 6) is 0.0437. The van der Waals surface area contributed by atoms with Crippen LogP contribution in [0.3, 0.4) is 0 Å². The number of aryl methyl sites for hydroxylation is 1. The van der Waals surface area contributed by atoms with E-state index in [9.17, 15) is 13.2 Å². The van der Waals surface area contributed by atoms with E-state index in [-0.39, 0.29) is 16.4 Å². The number of benzene rings is 2. The van der Waals surface area contributed by atoms with Gasteiger partial charge in [-0.15, -0.1) is 0 Å². The summed E-state index contributed by atoms with van der Waals surface area (Å²) in [6.45, 7) is 3.33. The molecular weight excluding hydrogens is 326 g/mol. The molecule has 0 amide bonds. The van der Waals surface area contributed by atoms with Crippen LogP contribution in [0, 0.1) is 6.92 Å². The molecule has 1 heterocycles. The van der Waals surface area contributed by atoms with Crippen molar-refractivity contribution in [3.63, 3.8) is 0 Å². The zero-order chi connectivity index (χ0) is 17.3. The quantitative estimate of drug-likeness (QED) is 0.536. The minimum absolute atomic E-state index is 0.00986. The van der Waals surface area contributed by atoms with Gasteiger partial charge in [0.25, 0.3) is 0 Å². The van der Waals surface area contributed by atoms with Gasteiger partial charge in [-0.25, -0.2) is 0 Å². The molecule has 0 aliphatic heterocycles. The first-order valence-corrected chi connectivity index (χ1v) is 8.68. The minimum Gasteiger partial charge on any atom is -0.379 e. The zero-order valence-corrected chi connectivity index (χ0v) is 14.0. The summed E-state index contributed by atoms with van der Waals surface area (Å²) in [5.41, 5.74) is 1.79. The number of nitrogens with zero attached hydrogens (tertiary/aromatic N) is 1. The molecule has 6 heteroatoms. The third kappa shape index (κ3) is 3.14. The van der Waals surface area contributed by atoms with Gasteiger partial charge in [0.2, 0.25) is 0 Å². The van der Waals surface area contributed by atoms with Crippen molar-refractivity contribution < 1.29 is 17.4 Å². The predicted octanol–water partition coefficient (Wildman–Crippen LogP) is 3.51. The first-order valence-electron chi connectivity index (χ1n) is 7.28.